The minimum atomic E-state index is -0.235. The summed E-state index contributed by atoms with van der Waals surface area (Å²) in [6.45, 7) is 0. The van der Waals surface area contributed by atoms with Gasteiger partial charge in [-0.3, -0.25) is 19.1 Å². The molecule has 0 radical (unpaired) electrons. The van der Waals surface area contributed by atoms with Gasteiger partial charge in [0.15, 0.2) is 5.82 Å². The molecular weight excluding hydrogens is 369 g/mol. The predicted octanol–water partition coefficient (Wildman–Crippen LogP) is 1.93. The number of aromatic nitrogens is 3. The molecule has 0 fully saturated rings. The van der Waals surface area contributed by atoms with Crippen molar-refractivity contribution in [3.05, 3.63) is 62.0 Å². The summed E-state index contributed by atoms with van der Waals surface area (Å²) in [5.41, 5.74) is 1.33. The van der Waals surface area contributed by atoms with E-state index in [2.05, 4.69) is 32.6 Å². The molecule has 6 heteroatoms. The van der Waals surface area contributed by atoms with Gasteiger partial charge in [-0.25, -0.2) is 4.98 Å². The summed E-state index contributed by atoms with van der Waals surface area (Å²) in [7, 11) is 0. The maximum Gasteiger partial charge on any atom is 0.266 e. The standard InChI is InChI=1S/C14H6IN3O2/c15-7-1-2-11-9(5-7)12(19)13-17-10-6-16-4-3-8(10)14(20)18(11)13/h1-6H. The average Bonchev–Trinajstić information content (AvgIpc) is 2.73. The van der Waals surface area contributed by atoms with Gasteiger partial charge >= 0.3 is 0 Å². The number of benzene rings is 1. The van der Waals surface area contributed by atoms with Crippen LogP contribution in [0, 0.1) is 3.57 Å². The molecule has 3 aromatic rings. The lowest BCUT2D eigenvalue weighted by atomic mass is 10.1. The SMILES string of the molecule is O=C1c2cc(I)ccc2-n2c1nc1cnccc1c2=O. The van der Waals surface area contributed by atoms with Crippen molar-refractivity contribution >= 4 is 39.3 Å². The van der Waals surface area contributed by atoms with E-state index in [0.717, 1.165) is 3.57 Å². The fourth-order valence-corrected chi connectivity index (χ4v) is 2.91. The van der Waals surface area contributed by atoms with Crippen LogP contribution in [0.1, 0.15) is 16.2 Å². The Morgan fingerprint density at radius 2 is 2.00 bits per heavy atom. The quantitative estimate of drug-likeness (QED) is 0.441. The van der Waals surface area contributed by atoms with Crippen LogP contribution in [0.2, 0.25) is 0 Å². The van der Waals surface area contributed by atoms with Gasteiger partial charge in [-0.1, -0.05) is 0 Å². The average molecular weight is 375 g/mol. The third-order valence-corrected chi connectivity index (χ3v) is 3.99. The molecule has 0 bridgehead atoms. The highest BCUT2D eigenvalue weighted by Crippen LogP contribution is 2.27. The lowest BCUT2D eigenvalue weighted by molar-refractivity contribution is 0.103. The number of nitrogens with zero attached hydrogens (tertiary/aromatic N) is 3. The number of carbonyl (C=O) groups excluding carboxylic acids is 1. The molecule has 96 valence electrons. The Hall–Kier alpha value is -2.09. The van der Waals surface area contributed by atoms with Gasteiger partial charge in [0.2, 0.25) is 5.78 Å². The van der Waals surface area contributed by atoms with Crippen molar-refractivity contribution in [3.63, 3.8) is 0 Å². The molecule has 0 spiro atoms. The van der Waals surface area contributed by atoms with Crippen LogP contribution in [0.3, 0.4) is 0 Å². The van der Waals surface area contributed by atoms with Gasteiger partial charge in [0, 0.05) is 9.77 Å². The monoisotopic (exact) mass is 375 g/mol. The number of fused-ring (bicyclic) bond motifs is 4. The predicted molar refractivity (Wildman–Crippen MR) is 81.3 cm³/mol. The van der Waals surface area contributed by atoms with Crippen LogP contribution in [0.25, 0.3) is 16.6 Å². The van der Waals surface area contributed by atoms with Gasteiger partial charge in [0.1, 0.15) is 0 Å². The van der Waals surface area contributed by atoms with Crippen molar-refractivity contribution in [1.82, 2.24) is 14.5 Å². The van der Waals surface area contributed by atoms with Crippen LogP contribution < -0.4 is 5.56 Å². The Bertz CT molecular complexity index is 962. The Morgan fingerprint density at radius 3 is 2.85 bits per heavy atom. The zero-order valence-corrected chi connectivity index (χ0v) is 12.2. The maximum absolute atomic E-state index is 12.6. The van der Waals surface area contributed by atoms with Gasteiger partial charge in [0.05, 0.1) is 28.4 Å². The zero-order chi connectivity index (χ0) is 13.9. The number of pyridine rings is 1. The molecule has 1 aliphatic rings. The van der Waals surface area contributed by atoms with Crippen molar-refractivity contribution in [2.24, 2.45) is 0 Å². The first-order valence-electron chi connectivity index (χ1n) is 5.88. The third kappa shape index (κ3) is 1.42. The van der Waals surface area contributed by atoms with E-state index in [4.69, 9.17) is 0 Å². The summed E-state index contributed by atoms with van der Waals surface area (Å²) < 4.78 is 2.33. The molecule has 0 N–H and O–H groups in total. The number of rotatable bonds is 0. The largest absolute Gasteiger partial charge is 0.285 e. The van der Waals surface area contributed by atoms with Gasteiger partial charge in [-0.15, -0.1) is 0 Å². The molecule has 1 aromatic carbocycles. The molecular formula is C14H6IN3O2. The topological polar surface area (TPSA) is 64.8 Å². The minimum Gasteiger partial charge on any atom is -0.285 e. The highest BCUT2D eigenvalue weighted by atomic mass is 127. The van der Waals surface area contributed by atoms with E-state index in [0.29, 0.717) is 22.2 Å². The van der Waals surface area contributed by atoms with Crippen molar-refractivity contribution in [2.45, 2.75) is 0 Å². The van der Waals surface area contributed by atoms with E-state index in [9.17, 15) is 9.59 Å². The zero-order valence-electron chi connectivity index (χ0n) is 10.0. The van der Waals surface area contributed by atoms with Crippen LogP contribution in [0.4, 0.5) is 0 Å². The van der Waals surface area contributed by atoms with Crippen LogP contribution in [0.15, 0.2) is 41.5 Å². The Labute approximate surface area is 126 Å². The van der Waals surface area contributed by atoms with Crippen LogP contribution >= 0.6 is 22.6 Å². The summed E-state index contributed by atoms with van der Waals surface area (Å²) in [5, 5.41) is 0.461. The molecule has 0 saturated heterocycles. The molecule has 4 rings (SSSR count). The van der Waals surface area contributed by atoms with Gasteiger partial charge < -0.3 is 0 Å². The van der Waals surface area contributed by atoms with Gasteiger partial charge in [-0.2, -0.15) is 0 Å². The first-order chi connectivity index (χ1) is 9.66. The Kier molecular flexibility index (Phi) is 2.31. The summed E-state index contributed by atoms with van der Waals surface area (Å²) in [5.74, 6) is -0.0612. The second kappa shape index (κ2) is 3.95. The number of halogens is 1. The molecule has 5 nitrogen and oxygen atoms in total. The van der Waals surface area contributed by atoms with E-state index in [1.807, 2.05) is 6.07 Å². The molecule has 0 atom stereocenters. The third-order valence-electron chi connectivity index (χ3n) is 3.32. The minimum absolute atomic E-state index is 0.160. The second-order valence-electron chi connectivity index (χ2n) is 4.46. The molecule has 3 heterocycles. The van der Waals surface area contributed by atoms with E-state index in [1.54, 1.807) is 24.4 Å². The van der Waals surface area contributed by atoms with Crippen LogP contribution in [-0.4, -0.2) is 20.3 Å². The van der Waals surface area contributed by atoms with Crippen molar-refractivity contribution in [1.29, 1.82) is 0 Å². The van der Waals surface area contributed by atoms with E-state index >= 15 is 0 Å². The maximum atomic E-state index is 12.6. The molecule has 0 saturated carbocycles. The first-order valence-corrected chi connectivity index (χ1v) is 6.96. The molecule has 1 aliphatic heterocycles. The highest BCUT2D eigenvalue weighted by Gasteiger charge is 2.30. The fraction of sp³-hybridized carbons (Fsp3) is 0. The van der Waals surface area contributed by atoms with Crippen LogP contribution in [-0.2, 0) is 0 Å². The summed E-state index contributed by atoms with van der Waals surface area (Å²) in [6.07, 6.45) is 3.04. The van der Waals surface area contributed by atoms with Gasteiger partial charge in [-0.05, 0) is 46.9 Å². The first kappa shape index (κ1) is 11.7. The molecule has 0 amide bonds. The van der Waals surface area contributed by atoms with Crippen molar-refractivity contribution < 1.29 is 4.79 Å². The number of hydrogen-bond acceptors (Lipinski definition) is 4. The molecule has 0 aliphatic carbocycles. The van der Waals surface area contributed by atoms with Crippen molar-refractivity contribution in [2.75, 3.05) is 0 Å². The Balaban J connectivity index is 2.20. The number of hydrogen-bond donors (Lipinski definition) is 0. The van der Waals surface area contributed by atoms with E-state index < -0.39 is 0 Å². The Morgan fingerprint density at radius 1 is 1.15 bits per heavy atom. The number of carbonyl (C=O) groups is 1. The number of ketones is 1. The summed E-state index contributed by atoms with van der Waals surface area (Å²) >= 11 is 2.14. The molecule has 2 aromatic heterocycles. The van der Waals surface area contributed by atoms with Gasteiger partial charge in [0.25, 0.3) is 5.56 Å². The van der Waals surface area contributed by atoms with E-state index in [1.165, 1.54) is 10.8 Å². The molecule has 0 unspecified atom stereocenters. The highest BCUT2D eigenvalue weighted by molar-refractivity contribution is 14.1. The van der Waals surface area contributed by atoms with Crippen molar-refractivity contribution in [3.8, 4) is 5.69 Å². The molecule has 20 heavy (non-hydrogen) atoms. The summed E-state index contributed by atoms with van der Waals surface area (Å²) in [4.78, 5) is 33.2. The van der Waals surface area contributed by atoms with Crippen LogP contribution in [0.5, 0.6) is 0 Å². The normalized spacial score (nSPS) is 12.6. The smallest absolute Gasteiger partial charge is 0.266 e. The lowest BCUT2D eigenvalue weighted by Gasteiger charge is -2.04. The second-order valence-corrected chi connectivity index (χ2v) is 5.71. The fourth-order valence-electron chi connectivity index (χ4n) is 2.42. The van der Waals surface area contributed by atoms with E-state index in [-0.39, 0.29) is 17.2 Å². The lowest BCUT2D eigenvalue weighted by Crippen LogP contribution is -2.21. The summed E-state index contributed by atoms with van der Waals surface area (Å²) in [6, 6.07) is 7.04.